The van der Waals surface area contributed by atoms with Gasteiger partial charge >= 0.3 is 0 Å². The summed E-state index contributed by atoms with van der Waals surface area (Å²) in [5, 5.41) is 31.1. The van der Waals surface area contributed by atoms with Gasteiger partial charge in [0.05, 0.1) is 50.1 Å². The summed E-state index contributed by atoms with van der Waals surface area (Å²) >= 11 is 19.4. The van der Waals surface area contributed by atoms with Crippen molar-refractivity contribution in [1.82, 2.24) is 5.32 Å². The number of nitrogens with two attached hydrogens (primary N) is 5. The fraction of sp³-hybridized carbons (Fsp3) is 0.259. The Hall–Kier alpha value is -10.4. The highest BCUT2D eigenvalue weighted by molar-refractivity contribution is 6.35. The Kier molecular flexibility index (Phi) is 25.3. The second kappa shape index (κ2) is 34.3. The van der Waals surface area contributed by atoms with E-state index in [0.29, 0.717) is 29.8 Å². The molecule has 0 saturated heterocycles. The highest BCUT2D eigenvalue weighted by Crippen LogP contribution is 2.60. The minimum absolute atomic E-state index is 0.0335. The molecule has 18 nitrogen and oxygen atoms in total. The number of ether oxygens (including phenoxy) is 6. The molecular formula is C85H81Cl3F6N6O12. The highest BCUT2D eigenvalue weighted by Gasteiger charge is 2.53. The number of halogens is 9. The maximum Gasteiger partial charge on any atom is 0.249 e. The lowest BCUT2D eigenvalue weighted by atomic mass is 9.77. The summed E-state index contributed by atoms with van der Waals surface area (Å²) in [5.41, 5.74) is 28.9. The first-order valence-corrected chi connectivity index (χ1v) is 36.8. The summed E-state index contributed by atoms with van der Waals surface area (Å²) in [7, 11) is 0. The van der Waals surface area contributed by atoms with Crippen LogP contribution in [-0.4, -0.2) is 90.8 Å². The number of aliphatic hydroxyl groups excluding tert-OH is 3. The minimum Gasteiger partial charge on any atom is -0.488 e. The van der Waals surface area contributed by atoms with E-state index in [9.17, 15) is 29.7 Å². The van der Waals surface area contributed by atoms with Gasteiger partial charge in [0.1, 0.15) is 54.5 Å². The van der Waals surface area contributed by atoms with Crippen LogP contribution in [0.1, 0.15) is 129 Å². The van der Waals surface area contributed by atoms with Crippen LogP contribution in [0.15, 0.2) is 176 Å². The maximum atomic E-state index is 16.2. The van der Waals surface area contributed by atoms with Crippen LogP contribution in [0.25, 0.3) is 33.4 Å². The van der Waals surface area contributed by atoms with E-state index in [0.717, 1.165) is 34.4 Å². The molecule has 0 radical (unpaired) electrons. The number of fused-ring (bicyclic) bond motifs is 3. The molecule has 0 bridgehead atoms. The van der Waals surface area contributed by atoms with Crippen molar-refractivity contribution in [3.8, 4) is 67.9 Å². The fourth-order valence-electron chi connectivity index (χ4n) is 14.7. The van der Waals surface area contributed by atoms with Crippen molar-refractivity contribution in [2.45, 2.75) is 101 Å². The largest absolute Gasteiger partial charge is 0.488 e. The lowest BCUT2D eigenvalue weighted by molar-refractivity contribution is 0.0693. The Balaban J connectivity index is 0.000000167. The molecule has 10 aromatic rings. The molecule has 0 aliphatic carbocycles. The first-order chi connectivity index (χ1) is 53.4. The number of carbonyl (C=O) groups is 3. The molecule has 112 heavy (non-hydrogen) atoms. The lowest BCUT2D eigenvalue weighted by Crippen LogP contribution is -2.44. The zero-order chi connectivity index (χ0) is 81.0. The van der Waals surface area contributed by atoms with Crippen LogP contribution in [0.2, 0.25) is 15.1 Å². The molecule has 0 saturated carbocycles. The second-order valence-electron chi connectivity index (χ2n) is 27.6. The summed E-state index contributed by atoms with van der Waals surface area (Å²) < 4.78 is 129. The number of hydrogen-bond donors (Lipinski definition) is 9. The molecule has 3 heterocycles. The molecule has 0 spiro atoms. The van der Waals surface area contributed by atoms with E-state index < -0.39 is 116 Å². The Morgan fingerprint density at radius 1 is 0.429 bits per heavy atom. The normalized spacial score (nSPS) is 19.2. The number of amides is 3. The molecule has 3 amide bonds. The standard InChI is InChI=1S/C33H31ClF2N2O4.2C26H25ClF2N2O4/c1-19(39)17-41-25-14-13-23(32(37)40)28(31(25)36)29-27-20(2)33(22-11-7-4-8-12-22,42-26(27)15-24(35)30(29)34)18-38-16-21-9-5-3-6-10-21;2*1-13(32)11-34-18-9-8-16(25(31)33)21(24(18)29)22-20-14(2)26(12-30,15-6-4-3-5-7-15)35-19(20)10-17(28)23(22)27/h3-15,19-20,38-39H,16-18H2,1-2H3,(H2,37,40);2*3-10,13-14,32H,11-12,30H2,1-2H3,(H2,31,33)/t19-,20-,33-;2*13-,14-,26-/m000/s1. The summed E-state index contributed by atoms with van der Waals surface area (Å²) in [5.74, 6) is -10.1. The fourth-order valence-corrected chi connectivity index (χ4v) is 15.5. The molecule has 3 aliphatic rings. The number of rotatable bonds is 24. The average Bonchev–Trinajstić information content (AvgIpc) is 1.56. The number of hydrogen-bond acceptors (Lipinski definition) is 15. The SMILES string of the molecule is C[C@H](O)COc1ccc(C(N)=O)c(-c2c(Cl)c(F)cc3c2[C@H](C)[C@@](CN)(c2ccccc2)O3)c1F.C[C@H](O)COc1ccc(C(N)=O)c(-c2c(Cl)c(F)cc3c2[C@H](C)[C@@](CN)(c2ccccc2)O3)c1F.C[C@H](O)COc1ccc(C(N)=O)c(-c2c(Cl)c(F)cc3c2[C@H](C)[C@@](CNCc2ccccc2)(c2ccccc2)O3)c1F. The van der Waals surface area contributed by atoms with Crippen LogP contribution in [0.3, 0.4) is 0 Å². The van der Waals surface area contributed by atoms with Crippen LogP contribution < -0.4 is 62.4 Å². The molecule has 14 N–H and O–H groups in total. The third kappa shape index (κ3) is 15.8. The van der Waals surface area contributed by atoms with Crippen molar-refractivity contribution in [3.63, 3.8) is 0 Å². The molecule has 0 unspecified atom stereocenters. The van der Waals surface area contributed by atoms with Crippen molar-refractivity contribution in [1.29, 1.82) is 0 Å². The van der Waals surface area contributed by atoms with E-state index in [2.05, 4.69) is 5.32 Å². The van der Waals surface area contributed by atoms with Crippen LogP contribution in [0.5, 0.6) is 34.5 Å². The number of aliphatic hydroxyl groups is 3. The maximum absolute atomic E-state index is 16.2. The van der Waals surface area contributed by atoms with Gasteiger partial charge in [-0.25, -0.2) is 26.3 Å². The quantitative estimate of drug-likeness (QED) is 0.0254. The topological polar surface area (TPSA) is 309 Å². The van der Waals surface area contributed by atoms with Gasteiger partial charge in [-0.2, -0.15) is 0 Å². The Labute approximate surface area is 657 Å². The van der Waals surface area contributed by atoms with Gasteiger partial charge in [-0.3, -0.25) is 14.4 Å². The van der Waals surface area contributed by atoms with Gasteiger partial charge in [0.2, 0.25) is 17.7 Å². The molecule has 0 fully saturated rings. The van der Waals surface area contributed by atoms with Gasteiger partial charge in [0.15, 0.2) is 51.5 Å². The molecule has 0 aromatic heterocycles. The molecule has 10 aromatic carbocycles. The van der Waals surface area contributed by atoms with Crippen LogP contribution in [0, 0.1) is 34.9 Å². The molecule has 13 rings (SSSR count). The van der Waals surface area contributed by atoms with Crippen LogP contribution >= 0.6 is 34.8 Å². The van der Waals surface area contributed by atoms with Gasteiger partial charge in [0.25, 0.3) is 0 Å². The van der Waals surface area contributed by atoms with Gasteiger partial charge in [0, 0.05) is 112 Å². The predicted octanol–water partition coefficient (Wildman–Crippen LogP) is 15.3. The van der Waals surface area contributed by atoms with E-state index in [1.54, 1.807) is 0 Å². The average molecular weight is 1600 g/mol. The Morgan fingerprint density at radius 3 is 0.973 bits per heavy atom. The van der Waals surface area contributed by atoms with E-state index in [4.69, 9.17) is 91.9 Å². The van der Waals surface area contributed by atoms with Crippen molar-refractivity contribution in [2.75, 3.05) is 39.5 Å². The second-order valence-corrected chi connectivity index (χ2v) is 28.7. The number of carbonyl (C=O) groups excluding carboxylic acids is 3. The molecule has 9 atom stereocenters. The number of primary amides is 3. The zero-order valence-electron chi connectivity index (χ0n) is 61.5. The number of benzene rings is 10. The Morgan fingerprint density at radius 2 is 0.696 bits per heavy atom. The third-order valence-electron chi connectivity index (χ3n) is 20.2. The molecule has 586 valence electrons. The van der Waals surface area contributed by atoms with Crippen molar-refractivity contribution in [3.05, 3.63) is 282 Å². The van der Waals surface area contributed by atoms with Gasteiger partial charge in [-0.15, -0.1) is 0 Å². The van der Waals surface area contributed by atoms with Gasteiger partial charge < -0.3 is 77.7 Å². The summed E-state index contributed by atoms with van der Waals surface area (Å²) in [6.07, 6.45) is -2.63. The van der Waals surface area contributed by atoms with Crippen molar-refractivity contribution >= 4 is 52.5 Å². The summed E-state index contributed by atoms with van der Waals surface area (Å²) in [4.78, 5) is 37.1. The van der Waals surface area contributed by atoms with Crippen LogP contribution in [0.4, 0.5) is 26.3 Å². The van der Waals surface area contributed by atoms with Crippen LogP contribution in [-0.2, 0) is 23.3 Å². The van der Waals surface area contributed by atoms with E-state index in [-0.39, 0.29) is 123 Å². The van der Waals surface area contributed by atoms with Gasteiger partial charge in [-0.05, 0) is 79.4 Å². The smallest absolute Gasteiger partial charge is 0.249 e. The molecule has 3 aliphatic heterocycles. The first-order valence-electron chi connectivity index (χ1n) is 35.6. The van der Waals surface area contributed by atoms with E-state index in [1.807, 2.05) is 142 Å². The monoisotopic (exact) mass is 1600 g/mol. The zero-order valence-corrected chi connectivity index (χ0v) is 63.7. The van der Waals surface area contributed by atoms with E-state index in [1.165, 1.54) is 63.2 Å². The van der Waals surface area contributed by atoms with Gasteiger partial charge in [-0.1, -0.05) is 177 Å². The first kappa shape index (κ1) is 82.6. The predicted molar refractivity (Wildman–Crippen MR) is 415 cm³/mol. The molecular weight excluding hydrogens is 1520 g/mol. The minimum atomic E-state index is -1.08. The molecule has 27 heteroatoms. The summed E-state index contributed by atoms with van der Waals surface area (Å²) in [6.45, 7) is 10.3. The highest BCUT2D eigenvalue weighted by atomic mass is 35.5. The Bertz CT molecular complexity index is 4980. The van der Waals surface area contributed by atoms with Crippen molar-refractivity contribution in [2.24, 2.45) is 28.7 Å². The van der Waals surface area contributed by atoms with Crippen molar-refractivity contribution < 1.29 is 84.5 Å². The lowest BCUT2D eigenvalue weighted by Gasteiger charge is -2.34. The number of nitrogens with one attached hydrogen (secondary N) is 1. The van der Waals surface area contributed by atoms with E-state index >= 15 is 26.3 Å². The third-order valence-corrected chi connectivity index (χ3v) is 21.3. The summed E-state index contributed by atoms with van der Waals surface area (Å²) in [6, 6.07) is 48.7.